The minimum Gasteiger partial charge on any atom is -0.494 e. The maximum Gasteiger partial charge on any atom is 0.251 e. The highest BCUT2D eigenvalue weighted by molar-refractivity contribution is 5.99. The molecular formula is C22H22FNO4. The zero-order valence-corrected chi connectivity index (χ0v) is 15.7. The van der Waals surface area contributed by atoms with Gasteiger partial charge in [-0.3, -0.25) is 4.79 Å². The van der Waals surface area contributed by atoms with Crippen molar-refractivity contribution < 1.29 is 24.1 Å². The standard InChI is InChI=1S/C22H22FNO4/c1-22(12-25,13-26)24-21(27)17-9-7-14-10-16(8-6-15(14)11-17)18-4-3-5-19(28-2)20(18)23/h3-11,25-26H,12-13H2,1-2H3,(H,24,27). The summed E-state index contributed by atoms with van der Waals surface area (Å²) in [5.41, 5.74) is 0.444. The first-order valence-electron chi connectivity index (χ1n) is 8.82. The normalized spacial score (nSPS) is 11.5. The van der Waals surface area contributed by atoms with Crippen LogP contribution in [0.3, 0.4) is 0 Å². The van der Waals surface area contributed by atoms with Gasteiger partial charge in [0.2, 0.25) is 0 Å². The highest BCUT2D eigenvalue weighted by Gasteiger charge is 2.25. The zero-order chi connectivity index (χ0) is 20.3. The van der Waals surface area contributed by atoms with Crippen molar-refractivity contribution in [3.05, 3.63) is 66.0 Å². The van der Waals surface area contributed by atoms with E-state index < -0.39 is 17.3 Å². The van der Waals surface area contributed by atoms with Crippen molar-refractivity contribution >= 4 is 16.7 Å². The van der Waals surface area contributed by atoms with E-state index in [0.717, 1.165) is 10.8 Å². The molecule has 0 unspecified atom stereocenters. The Balaban J connectivity index is 1.94. The topological polar surface area (TPSA) is 78.8 Å². The van der Waals surface area contributed by atoms with Gasteiger partial charge in [0, 0.05) is 11.1 Å². The molecule has 6 heteroatoms. The fourth-order valence-electron chi connectivity index (χ4n) is 2.92. The number of hydrogen-bond acceptors (Lipinski definition) is 4. The average molecular weight is 383 g/mol. The molecule has 0 aliphatic heterocycles. The number of fused-ring (bicyclic) bond motifs is 1. The van der Waals surface area contributed by atoms with Crippen molar-refractivity contribution in [2.45, 2.75) is 12.5 Å². The molecule has 3 N–H and O–H groups in total. The molecule has 28 heavy (non-hydrogen) atoms. The molecule has 146 valence electrons. The Morgan fingerprint density at radius 3 is 2.43 bits per heavy atom. The number of nitrogens with one attached hydrogen (secondary N) is 1. The van der Waals surface area contributed by atoms with Crippen LogP contribution in [0.15, 0.2) is 54.6 Å². The van der Waals surface area contributed by atoms with Crippen LogP contribution in [-0.4, -0.2) is 42.0 Å². The lowest BCUT2D eigenvalue weighted by molar-refractivity contribution is 0.0724. The lowest BCUT2D eigenvalue weighted by atomic mass is 9.98. The van der Waals surface area contributed by atoms with E-state index in [4.69, 9.17) is 4.74 Å². The van der Waals surface area contributed by atoms with Gasteiger partial charge in [0.25, 0.3) is 5.91 Å². The fraction of sp³-hybridized carbons (Fsp3) is 0.227. The van der Waals surface area contributed by atoms with E-state index in [1.165, 1.54) is 7.11 Å². The summed E-state index contributed by atoms with van der Waals surface area (Å²) in [6, 6.07) is 15.6. The second-order valence-corrected chi connectivity index (χ2v) is 6.93. The maximum atomic E-state index is 14.5. The van der Waals surface area contributed by atoms with Crippen LogP contribution in [-0.2, 0) is 0 Å². The maximum absolute atomic E-state index is 14.5. The van der Waals surface area contributed by atoms with Crippen LogP contribution in [0, 0.1) is 5.82 Å². The van der Waals surface area contributed by atoms with Gasteiger partial charge in [0.15, 0.2) is 11.6 Å². The molecule has 0 spiro atoms. The average Bonchev–Trinajstić information content (AvgIpc) is 2.73. The predicted molar refractivity (Wildman–Crippen MR) is 106 cm³/mol. The van der Waals surface area contributed by atoms with Crippen LogP contribution in [0.1, 0.15) is 17.3 Å². The number of amides is 1. The molecule has 1 amide bonds. The van der Waals surface area contributed by atoms with Crippen LogP contribution >= 0.6 is 0 Å². The van der Waals surface area contributed by atoms with Crippen LogP contribution in [0.2, 0.25) is 0 Å². The number of carbonyl (C=O) groups excluding carboxylic acids is 1. The molecule has 0 aromatic heterocycles. The SMILES string of the molecule is COc1cccc(-c2ccc3cc(C(=O)NC(C)(CO)CO)ccc3c2)c1F. The van der Waals surface area contributed by atoms with Crippen LogP contribution < -0.4 is 10.1 Å². The molecule has 3 aromatic rings. The summed E-state index contributed by atoms with van der Waals surface area (Å²) in [7, 11) is 1.42. The monoisotopic (exact) mass is 383 g/mol. The molecule has 0 heterocycles. The van der Waals surface area contributed by atoms with Crippen molar-refractivity contribution in [1.29, 1.82) is 0 Å². The minimum absolute atomic E-state index is 0.181. The number of aliphatic hydroxyl groups excluding tert-OH is 2. The number of ether oxygens (including phenoxy) is 1. The third-order valence-corrected chi connectivity index (χ3v) is 4.71. The summed E-state index contributed by atoms with van der Waals surface area (Å²) in [4.78, 5) is 12.4. The molecule has 0 aliphatic rings. The summed E-state index contributed by atoms with van der Waals surface area (Å²) >= 11 is 0. The van der Waals surface area contributed by atoms with Crippen LogP contribution in [0.4, 0.5) is 4.39 Å². The van der Waals surface area contributed by atoms with Gasteiger partial charge in [-0.05, 0) is 47.5 Å². The minimum atomic E-state index is -1.10. The van der Waals surface area contributed by atoms with E-state index in [2.05, 4.69) is 5.32 Å². The first-order chi connectivity index (χ1) is 13.4. The van der Waals surface area contributed by atoms with E-state index in [0.29, 0.717) is 16.7 Å². The molecule has 0 aliphatic carbocycles. The number of hydrogen-bond donors (Lipinski definition) is 3. The van der Waals surface area contributed by atoms with Crippen molar-refractivity contribution in [2.75, 3.05) is 20.3 Å². The Morgan fingerprint density at radius 1 is 1.07 bits per heavy atom. The van der Waals surface area contributed by atoms with Crippen molar-refractivity contribution in [3.63, 3.8) is 0 Å². The summed E-state index contributed by atoms with van der Waals surface area (Å²) in [5.74, 6) is -0.636. The molecule has 3 aromatic carbocycles. The number of rotatable bonds is 6. The summed E-state index contributed by atoms with van der Waals surface area (Å²) in [6.45, 7) is 0.803. The Hall–Kier alpha value is -2.96. The third kappa shape index (κ3) is 3.83. The lowest BCUT2D eigenvalue weighted by Crippen LogP contribution is -2.51. The van der Waals surface area contributed by atoms with Gasteiger partial charge in [0.1, 0.15) is 0 Å². The quantitative estimate of drug-likeness (QED) is 0.611. The van der Waals surface area contributed by atoms with E-state index in [1.54, 1.807) is 49.4 Å². The van der Waals surface area contributed by atoms with Gasteiger partial charge < -0.3 is 20.3 Å². The van der Waals surface area contributed by atoms with E-state index in [-0.39, 0.29) is 19.0 Å². The number of aliphatic hydroxyl groups is 2. The molecular weight excluding hydrogens is 361 g/mol. The molecule has 3 rings (SSSR count). The Morgan fingerprint density at radius 2 is 1.75 bits per heavy atom. The van der Waals surface area contributed by atoms with Gasteiger partial charge in [-0.25, -0.2) is 4.39 Å². The summed E-state index contributed by atoms with van der Waals surface area (Å²) in [6.07, 6.45) is 0. The van der Waals surface area contributed by atoms with Gasteiger partial charge in [-0.1, -0.05) is 30.3 Å². The van der Waals surface area contributed by atoms with Gasteiger partial charge in [-0.2, -0.15) is 0 Å². The zero-order valence-electron chi connectivity index (χ0n) is 15.7. The number of methoxy groups -OCH3 is 1. The lowest BCUT2D eigenvalue weighted by Gasteiger charge is -2.26. The molecule has 0 radical (unpaired) electrons. The third-order valence-electron chi connectivity index (χ3n) is 4.71. The molecule has 0 bridgehead atoms. The largest absolute Gasteiger partial charge is 0.494 e. The second-order valence-electron chi connectivity index (χ2n) is 6.93. The Labute approximate surface area is 162 Å². The summed E-state index contributed by atoms with van der Waals surface area (Å²) < 4.78 is 19.6. The van der Waals surface area contributed by atoms with Gasteiger partial charge in [0.05, 0.1) is 25.9 Å². The van der Waals surface area contributed by atoms with Gasteiger partial charge in [-0.15, -0.1) is 0 Å². The molecule has 0 saturated heterocycles. The highest BCUT2D eigenvalue weighted by Crippen LogP contribution is 2.31. The first kappa shape index (κ1) is 19.8. The Kier molecular flexibility index (Phi) is 5.63. The van der Waals surface area contributed by atoms with Crippen molar-refractivity contribution in [2.24, 2.45) is 0 Å². The van der Waals surface area contributed by atoms with Gasteiger partial charge >= 0.3 is 0 Å². The number of carbonyl (C=O) groups is 1. The number of benzene rings is 3. The Bertz CT molecular complexity index is 1010. The predicted octanol–water partition coefficient (Wildman–Crippen LogP) is 3.13. The fourth-order valence-corrected chi connectivity index (χ4v) is 2.92. The van der Waals surface area contributed by atoms with E-state index in [1.807, 2.05) is 12.1 Å². The second kappa shape index (κ2) is 7.96. The molecule has 5 nitrogen and oxygen atoms in total. The molecule has 0 atom stereocenters. The molecule has 0 fully saturated rings. The van der Waals surface area contributed by atoms with E-state index >= 15 is 0 Å². The highest BCUT2D eigenvalue weighted by atomic mass is 19.1. The van der Waals surface area contributed by atoms with Crippen molar-refractivity contribution in [1.82, 2.24) is 5.32 Å². The van der Waals surface area contributed by atoms with Crippen molar-refractivity contribution in [3.8, 4) is 16.9 Å². The molecule has 0 saturated carbocycles. The number of halogens is 1. The summed E-state index contributed by atoms with van der Waals surface area (Å²) in [5, 5.41) is 23.0. The van der Waals surface area contributed by atoms with E-state index in [9.17, 15) is 19.4 Å². The van der Waals surface area contributed by atoms with Crippen LogP contribution in [0.5, 0.6) is 5.75 Å². The first-order valence-corrected chi connectivity index (χ1v) is 8.82. The van der Waals surface area contributed by atoms with Crippen LogP contribution in [0.25, 0.3) is 21.9 Å². The smallest absolute Gasteiger partial charge is 0.251 e.